The van der Waals surface area contributed by atoms with E-state index in [1.54, 1.807) is 0 Å². The Hall–Kier alpha value is -0.860. The predicted octanol–water partition coefficient (Wildman–Crippen LogP) is 3.09. The van der Waals surface area contributed by atoms with Gasteiger partial charge in [-0.15, -0.1) is 0 Å². The summed E-state index contributed by atoms with van der Waals surface area (Å²) in [6.07, 6.45) is 0.745. The monoisotopic (exact) mass is 218 g/mol. The minimum Gasteiger partial charge on any atom is -0.348 e. The van der Waals surface area contributed by atoms with Gasteiger partial charge in [0, 0.05) is 11.5 Å². The van der Waals surface area contributed by atoms with Crippen LogP contribution in [-0.4, -0.2) is 13.2 Å². The number of rotatable bonds is 3. The lowest BCUT2D eigenvalue weighted by Gasteiger charge is -2.32. The lowest BCUT2D eigenvalue weighted by molar-refractivity contribution is -0.210. The highest BCUT2D eigenvalue weighted by atomic mass is 16.7. The van der Waals surface area contributed by atoms with Crippen molar-refractivity contribution in [2.75, 3.05) is 13.2 Å². The molecule has 86 valence electrons. The first kappa shape index (κ1) is 11.6. The van der Waals surface area contributed by atoms with E-state index in [1.807, 2.05) is 30.3 Å². The molecule has 0 spiro atoms. The van der Waals surface area contributed by atoms with Crippen LogP contribution in [0.3, 0.4) is 0 Å². The summed E-state index contributed by atoms with van der Waals surface area (Å²) in [7, 11) is 0. The molecule has 1 aliphatic heterocycles. The van der Waals surface area contributed by atoms with Crippen LogP contribution in [-0.2, 0) is 9.47 Å². The first-order valence-electron chi connectivity index (χ1n) is 5.85. The van der Waals surface area contributed by atoms with Gasteiger partial charge >= 0.3 is 0 Å². The zero-order valence-electron chi connectivity index (χ0n) is 9.63. The third kappa shape index (κ3) is 2.63. The van der Waals surface area contributed by atoms with Crippen LogP contribution >= 0.6 is 0 Å². The lowest BCUT2D eigenvalue weighted by Crippen LogP contribution is -2.31. The van der Waals surface area contributed by atoms with Crippen LogP contribution in [0.2, 0.25) is 0 Å². The highest BCUT2D eigenvalue weighted by Crippen LogP contribution is 2.28. The smallest absolute Gasteiger partial charge is 0.183 e. The molecule has 0 N–H and O–H groups in total. The summed E-state index contributed by atoms with van der Waals surface area (Å²) in [4.78, 5) is 0. The van der Waals surface area contributed by atoms with Crippen molar-refractivity contribution in [3.63, 3.8) is 0 Å². The molecule has 1 aromatic rings. The molecule has 0 aromatic heterocycles. The van der Waals surface area contributed by atoms with Gasteiger partial charge in [-0.05, 0) is 12.8 Å². The van der Waals surface area contributed by atoms with Crippen LogP contribution in [0, 0.1) is 18.8 Å². The van der Waals surface area contributed by atoms with Gasteiger partial charge in [0.1, 0.15) is 0 Å². The van der Waals surface area contributed by atoms with Crippen LogP contribution in [0.1, 0.15) is 25.2 Å². The molecule has 1 unspecified atom stereocenters. The Morgan fingerprint density at radius 3 is 2.44 bits per heavy atom. The van der Waals surface area contributed by atoms with Crippen molar-refractivity contribution in [2.24, 2.45) is 11.8 Å². The van der Waals surface area contributed by atoms with Gasteiger partial charge in [0.2, 0.25) is 0 Å². The maximum absolute atomic E-state index is 5.97. The van der Waals surface area contributed by atoms with E-state index in [1.165, 1.54) is 0 Å². The van der Waals surface area contributed by atoms with E-state index in [-0.39, 0.29) is 12.2 Å². The Labute approximate surface area is 97.6 Å². The summed E-state index contributed by atoms with van der Waals surface area (Å²) in [6.45, 7) is 9.44. The molecule has 2 rings (SSSR count). The molecule has 2 radical (unpaired) electrons. The number of benzene rings is 1. The Kier molecular flexibility index (Phi) is 3.97. The molecule has 1 heterocycles. The topological polar surface area (TPSA) is 18.5 Å². The quantitative estimate of drug-likeness (QED) is 0.776. The first-order valence-corrected chi connectivity index (χ1v) is 5.85. The Bertz CT molecular complexity index is 302. The summed E-state index contributed by atoms with van der Waals surface area (Å²) in [6, 6.07) is 10.0. The Balaban J connectivity index is 1.91. The zero-order chi connectivity index (χ0) is 11.4. The molecule has 1 aromatic carbocycles. The van der Waals surface area contributed by atoms with Gasteiger partial charge in [0.15, 0.2) is 6.29 Å². The van der Waals surface area contributed by atoms with Crippen molar-refractivity contribution in [2.45, 2.75) is 19.6 Å². The molecule has 0 bridgehead atoms. The number of hydrogen-bond acceptors (Lipinski definition) is 2. The summed E-state index contributed by atoms with van der Waals surface area (Å²) < 4.78 is 11.4. The second kappa shape index (κ2) is 5.46. The summed E-state index contributed by atoms with van der Waals surface area (Å²) in [5.41, 5.74) is 1.08. The summed E-state index contributed by atoms with van der Waals surface area (Å²) in [5, 5.41) is 0. The van der Waals surface area contributed by atoms with Gasteiger partial charge in [-0.1, -0.05) is 43.7 Å². The van der Waals surface area contributed by atoms with Gasteiger partial charge in [0.25, 0.3) is 0 Å². The second-order valence-corrected chi connectivity index (χ2v) is 4.24. The normalized spacial score (nSPS) is 27.6. The minimum absolute atomic E-state index is 0.178. The third-order valence-electron chi connectivity index (χ3n) is 3.07. The van der Waals surface area contributed by atoms with Crippen LogP contribution in [0.15, 0.2) is 30.3 Å². The Morgan fingerprint density at radius 1 is 1.25 bits per heavy atom. The molecule has 2 nitrogen and oxygen atoms in total. The lowest BCUT2D eigenvalue weighted by atomic mass is 9.93. The Morgan fingerprint density at radius 2 is 1.88 bits per heavy atom. The molecule has 16 heavy (non-hydrogen) atoms. The van der Waals surface area contributed by atoms with Crippen LogP contribution in [0.5, 0.6) is 0 Å². The van der Waals surface area contributed by atoms with E-state index in [2.05, 4.69) is 6.92 Å². The first-order chi connectivity index (χ1) is 7.81. The highest BCUT2D eigenvalue weighted by molar-refractivity contribution is 5.16. The van der Waals surface area contributed by atoms with Gasteiger partial charge < -0.3 is 9.47 Å². The largest absolute Gasteiger partial charge is 0.348 e. The SMILES string of the molecule is [CH]C(CC)C1COC(c2ccccc2)OC1. The van der Waals surface area contributed by atoms with Crippen LogP contribution < -0.4 is 0 Å². The van der Waals surface area contributed by atoms with E-state index in [0.29, 0.717) is 19.1 Å². The van der Waals surface area contributed by atoms with Gasteiger partial charge in [-0.2, -0.15) is 0 Å². The van der Waals surface area contributed by atoms with E-state index < -0.39 is 0 Å². The molecule has 1 saturated heterocycles. The second-order valence-electron chi connectivity index (χ2n) is 4.24. The zero-order valence-corrected chi connectivity index (χ0v) is 9.63. The third-order valence-corrected chi connectivity index (χ3v) is 3.07. The standard InChI is InChI=1S/C14H18O2/c1-3-11(2)13-9-15-14(16-10-13)12-7-5-4-6-8-12/h2,4-8,11,13-14H,3,9-10H2,1H3. The molecule has 2 heteroatoms. The predicted molar refractivity (Wildman–Crippen MR) is 62.7 cm³/mol. The van der Waals surface area contributed by atoms with E-state index in [0.717, 1.165) is 12.0 Å². The molecular weight excluding hydrogens is 200 g/mol. The fraction of sp³-hybridized carbons (Fsp3) is 0.500. The van der Waals surface area contributed by atoms with Crippen molar-refractivity contribution < 1.29 is 9.47 Å². The van der Waals surface area contributed by atoms with Gasteiger partial charge in [0.05, 0.1) is 13.2 Å². The van der Waals surface area contributed by atoms with Crippen molar-refractivity contribution in [1.29, 1.82) is 0 Å². The van der Waals surface area contributed by atoms with Crippen LogP contribution in [0.4, 0.5) is 0 Å². The number of ether oxygens (including phenoxy) is 2. The average molecular weight is 218 g/mol. The van der Waals surface area contributed by atoms with Crippen molar-refractivity contribution in [3.05, 3.63) is 42.8 Å². The molecule has 1 aliphatic rings. The maximum atomic E-state index is 5.97. The average Bonchev–Trinajstić information content (AvgIpc) is 2.39. The van der Waals surface area contributed by atoms with E-state index >= 15 is 0 Å². The fourth-order valence-electron chi connectivity index (χ4n) is 1.90. The maximum Gasteiger partial charge on any atom is 0.183 e. The van der Waals surface area contributed by atoms with E-state index in [4.69, 9.17) is 16.4 Å². The molecule has 1 fully saturated rings. The number of hydrogen-bond donors (Lipinski definition) is 0. The van der Waals surface area contributed by atoms with Gasteiger partial charge in [-0.25, -0.2) is 0 Å². The van der Waals surface area contributed by atoms with Crippen molar-refractivity contribution >= 4 is 0 Å². The molecule has 0 amide bonds. The minimum atomic E-state index is -0.221. The van der Waals surface area contributed by atoms with Crippen molar-refractivity contribution in [3.8, 4) is 0 Å². The molecule has 0 aliphatic carbocycles. The molecular formula is C14H18O2. The molecule has 1 atom stereocenters. The van der Waals surface area contributed by atoms with Crippen molar-refractivity contribution in [1.82, 2.24) is 0 Å². The summed E-state index contributed by atoms with van der Waals surface area (Å²) >= 11 is 0. The highest BCUT2D eigenvalue weighted by Gasteiger charge is 2.26. The van der Waals surface area contributed by atoms with Crippen LogP contribution in [0.25, 0.3) is 0 Å². The van der Waals surface area contributed by atoms with Gasteiger partial charge in [-0.3, -0.25) is 0 Å². The fourth-order valence-corrected chi connectivity index (χ4v) is 1.90. The molecule has 0 saturated carbocycles. The van der Waals surface area contributed by atoms with E-state index in [9.17, 15) is 0 Å². The summed E-state index contributed by atoms with van der Waals surface area (Å²) in [5.74, 6) is 0.502.